The summed E-state index contributed by atoms with van der Waals surface area (Å²) in [6.45, 7) is 5.79. The third-order valence-corrected chi connectivity index (χ3v) is 1.89. The molecule has 0 aliphatic carbocycles. The van der Waals surface area contributed by atoms with Gasteiger partial charge in [-0.15, -0.1) is 0 Å². The molecule has 0 unspecified atom stereocenters. The molecule has 1 nitrogen and oxygen atoms in total. The lowest BCUT2D eigenvalue weighted by Gasteiger charge is -2.06. The van der Waals surface area contributed by atoms with Gasteiger partial charge >= 0.3 is 0 Å². The lowest BCUT2D eigenvalue weighted by molar-refractivity contribution is 0.163. The second kappa shape index (κ2) is 7.55. The molecular weight excluding hydrogens is 192 g/mol. The first kappa shape index (κ1) is 10.4. The Morgan fingerprint density at radius 2 is 2.10 bits per heavy atom. The Balaban J connectivity index is 3.00. The zero-order valence-electron chi connectivity index (χ0n) is 6.82. The predicted molar refractivity (Wildman–Crippen MR) is 48.2 cm³/mol. The average Bonchev–Trinajstić information content (AvgIpc) is 1.97. The van der Waals surface area contributed by atoms with E-state index in [4.69, 9.17) is 4.74 Å². The minimum Gasteiger partial charge on any atom is -0.380 e. The molecule has 0 aliphatic heterocycles. The summed E-state index contributed by atoms with van der Waals surface area (Å²) in [5.41, 5.74) is 0. The third kappa shape index (κ3) is 6.56. The fourth-order valence-electron chi connectivity index (χ4n) is 0.654. The minimum atomic E-state index is 0.774. The van der Waals surface area contributed by atoms with Crippen molar-refractivity contribution in [3.8, 4) is 0 Å². The minimum absolute atomic E-state index is 0.774. The van der Waals surface area contributed by atoms with Gasteiger partial charge in [-0.25, -0.2) is 0 Å². The molecule has 0 atom stereocenters. The van der Waals surface area contributed by atoms with E-state index in [2.05, 4.69) is 22.9 Å². The van der Waals surface area contributed by atoms with Crippen LogP contribution >= 0.6 is 15.9 Å². The Labute approximate surface area is 72.3 Å². The lowest BCUT2D eigenvalue weighted by atomic mass is 10.2. The van der Waals surface area contributed by atoms with Crippen molar-refractivity contribution in [3.63, 3.8) is 0 Å². The molecule has 61 valence electrons. The van der Waals surface area contributed by atoms with Gasteiger partial charge in [-0.1, -0.05) is 35.7 Å². The Kier molecular flexibility index (Phi) is 7.88. The number of unbranched alkanes of at least 4 members (excludes halogenated alkanes) is 1. The summed E-state index contributed by atoms with van der Waals surface area (Å²) in [5.74, 6) is 0. The van der Waals surface area contributed by atoms with E-state index in [0.717, 1.165) is 19.6 Å². The van der Waals surface area contributed by atoms with Gasteiger partial charge < -0.3 is 4.74 Å². The van der Waals surface area contributed by atoms with Crippen molar-refractivity contribution in [1.29, 1.82) is 0 Å². The smallest absolute Gasteiger partial charge is 0.0665 e. The molecule has 0 bridgehead atoms. The van der Waals surface area contributed by atoms with Crippen LogP contribution in [0, 0.1) is 4.83 Å². The first-order valence-electron chi connectivity index (χ1n) is 3.89. The van der Waals surface area contributed by atoms with Crippen LogP contribution in [-0.4, -0.2) is 13.2 Å². The van der Waals surface area contributed by atoms with Crippen LogP contribution in [0.5, 0.6) is 0 Å². The highest BCUT2D eigenvalue weighted by molar-refractivity contribution is 9.11. The third-order valence-electron chi connectivity index (χ3n) is 1.26. The Morgan fingerprint density at radius 3 is 2.60 bits per heavy atom. The van der Waals surface area contributed by atoms with Gasteiger partial charge in [0.2, 0.25) is 0 Å². The van der Waals surface area contributed by atoms with Crippen LogP contribution in [0.15, 0.2) is 0 Å². The maximum absolute atomic E-state index is 5.21. The topological polar surface area (TPSA) is 9.23 Å². The molecule has 0 heterocycles. The monoisotopic (exact) mass is 207 g/mol. The Morgan fingerprint density at radius 1 is 1.40 bits per heavy atom. The van der Waals surface area contributed by atoms with Gasteiger partial charge in [-0.2, -0.15) is 0 Å². The van der Waals surface area contributed by atoms with E-state index < -0.39 is 0 Å². The molecule has 0 saturated heterocycles. The van der Waals surface area contributed by atoms with Gasteiger partial charge in [0, 0.05) is 6.61 Å². The highest BCUT2D eigenvalue weighted by Crippen LogP contribution is 2.17. The molecule has 0 amide bonds. The SMILES string of the molecule is CCCC[C](Br)COCC. The molecule has 0 rings (SSSR count). The molecule has 10 heavy (non-hydrogen) atoms. The molecule has 0 aromatic carbocycles. The van der Waals surface area contributed by atoms with Gasteiger partial charge in [0.05, 0.1) is 11.4 Å². The van der Waals surface area contributed by atoms with Crippen LogP contribution in [0.3, 0.4) is 0 Å². The van der Waals surface area contributed by atoms with Crippen LogP contribution in [0.4, 0.5) is 0 Å². The quantitative estimate of drug-likeness (QED) is 0.651. The molecule has 0 N–H and O–H groups in total. The number of hydrogen-bond acceptors (Lipinski definition) is 1. The first-order chi connectivity index (χ1) is 4.81. The van der Waals surface area contributed by atoms with Gasteiger partial charge in [-0.3, -0.25) is 0 Å². The van der Waals surface area contributed by atoms with Gasteiger partial charge in [0.1, 0.15) is 0 Å². The molecular formula is C8H16BrO. The van der Waals surface area contributed by atoms with E-state index in [9.17, 15) is 0 Å². The Hall–Kier alpha value is 0.440. The number of ether oxygens (including phenoxy) is 1. The summed E-state index contributed by atoms with van der Waals surface area (Å²) in [7, 11) is 0. The normalized spacial score (nSPS) is 10.8. The van der Waals surface area contributed by atoms with Gasteiger partial charge in [-0.05, 0) is 13.3 Å². The first-order valence-corrected chi connectivity index (χ1v) is 4.68. The van der Waals surface area contributed by atoms with Crippen molar-refractivity contribution in [2.24, 2.45) is 0 Å². The molecule has 0 fully saturated rings. The molecule has 0 spiro atoms. The van der Waals surface area contributed by atoms with Crippen molar-refractivity contribution in [2.75, 3.05) is 13.2 Å². The van der Waals surface area contributed by atoms with Crippen LogP contribution in [0.1, 0.15) is 33.1 Å². The standard InChI is InChI=1S/C8H16BrO/c1-3-5-6-8(9)7-10-4-2/h3-7H2,1-2H3. The van der Waals surface area contributed by atoms with Crippen LogP contribution in [0.2, 0.25) is 0 Å². The maximum Gasteiger partial charge on any atom is 0.0665 e. The van der Waals surface area contributed by atoms with Crippen molar-refractivity contribution < 1.29 is 4.74 Å². The second-order valence-electron chi connectivity index (χ2n) is 2.26. The molecule has 0 aromatic heterocycles. The molecule has 0 saturated carbocycles. The number of hydrogen-bond donors (Lipinski definition) is 0. The van der Waals surface area contributed by atoms with Gasteiger partial charge in [0.25, 0.3) is 0 Å². The fraction of sp³-hybridized carbons (Fsp3) is 0.875. The fourth-order valence-corrected chi connectivity index (χ4v) is 1.10. The van der Waals surface area contributed by atoms with E-state index in [1.54, 1.807) is 0 Å². The highest BCUT2D eigenvalue weighted by Gasteiger charge is 2.02. The van der Waals surface area contributed by atoms with E-state index in [0.29, 0.717) is 0 Å². The van der Waals surface area contributed by atoms with E-state index >= 15 is 0 Å². The zero-order valence-corrected chi connectivity index (χ0v) is 8.41. The average molecular weight is 208 g/mol. The summed E-state index contributed by atoms with van der Waals surface area (Å²) in [6, 6.07) is 0. The van der Waals surface area contributed by atoms with E-state index in [-0.39, 0.29) is 0 Å². The summed E-state index contributed by atoms with van der Waals surface area (Å²) in [4.78, 5) is 1.29. The summed E-state index contributed by atoms with van der Waals surface area (Å²) < 4.78 is 5.21. The zero-order chi connectivity index (χ0) is 7.82. The lowest BCUT2D eigenvalue weighted by Crippen LogP contribution is -2.00. The van der Waals surface area contributed by atoms with Crippen molar-refractivity contribution >= 4 is 15.9 Å². The van der Waals surface area contributed by atoms with Crippen molar-refractivity contribution in [1.82, 2.24) is 0 Å². The van der Waals surface area contributed by atoms with Crippen LogP contribution in [-0.2, 0) is 4.74 Å². The molecule has 0 aliphatic rings. The molecule has 2 heteroatoms. The Bertz CT molecular complexity index is 58.3. The predicted octanol–water partition coefficient (Wildman–Crippen LogP) is 3.14. The summed E-state index contributed by atoms with van der Waals surface area (Å²) >= 11 is 3.47. The van der Waals surface area contributed by atoms with Crippen LogP contribution in [0.25, 0.3) is 0 Å². The van der Waals surface area contributed by atoms with E-state index in [1.165, 1.54) is 17.7 Å². The number of rotatable bonds is 6. The van der Waals surface area contributed by atoms with Crippen LogP contribution < -0.4 is 0 Å². The van der Waals surface area contributed by atoms with Gasteiger partial charge in [0.15, 0.2) is 0 Å². The van der Waals surface area contributed by atoms with Crippen molar-refractivity contribution in [3.05, 3.63) is 4.83 Å². The highest BCUT2D eigenvalue weighted by atomic mass is 79.9. The maximum atomic E-state index is 5.21. The molecule has 1 radical (unpaired) electrons. The largest absolute Gasteiger partial charge is 0.380 e. The van der Waals surface area contributed by atoms with Crippen molar-refractivity contribution in [2.45, 2.75) is 33.1 Å². The number of halogens is 1. The second-order valence-corrected chi connectivity index (χ2v) is 3.38. The van der Waals surface area contributed by atoms with E-state index in [1.807, 2.05) is 6.92 Å². The summed E-state index contributed by atoms with van der Waals surface area (Å²) in [5, 5.41) is 0. The molecule has 0 aromatic rings. The summed E-state index contributed by atoms with van der Waals surface area (Å²) in [6.07, 6.45) is 3.66.